The number of piperidine rings is 1. The molecule has 2 amide bonds. The molecule has 0 aromatic heterocycles. The summed E-state index contributed by atoms with van der Waals surface area (Å²) in [5.74, 6) is 1.73. The fourth-order valence-electron chi connectivity index (χ4n) is 4.27. The molecule has 152 valence electrons. The first-order valence-corrected chi connectivity index (χ1v) is 11.5. The van der Waals surface area contributed by atoms with Crippen LogP contribution in [0.25, 0.3) is 0 Å². The van der Waals surface area contributed by atoms with E-state index in [9.17, 15) is 9.59 Å². The zero-order valence-corrected chi connectivity index (χ0v) is 17.6. The number of nitrogens with zero attached hydrogens (tertiary/aromatic N) is 2. The molecule has 0 N–H and O–H groups in total. The van der Waals surface area contributed by atoms with Crippen LogP contribution in [-0.2, 0) is 16.0 Å². The second kappa shape index (κ2) is 9.49. The van der Waals surface area contributed by atoms with E-state index in [0.717, 1.165) is 55.2 Å². The van der Waals surface area contributed by atoms with Crippen LogP contribution < -0.4 is 4.90 Å². The Bertz CT molecular complexity index is 847. The van der Waals surface area contributed by atoms with Gasteiger partial charge in [-0.25, -0.2) is 0 Å². The van der Waals surface area contributed by atoms with E-state index in [-0.39, 0.29) is 11.8 Å². The largest absolute Gasteiger partial charge is 0.343 e. The molecule has 29 heavy (non-hydrogen) atoms. The quantitative estimate of drug-likeness (QED) is 0.737. The Morgan fingerprint density at radius 2 is 1.55 bits per heavy atom. The molecule has 1 fully saturated rings. The summed E-state index contributed by atoms with van der Waals surface area (Å²) in [7, 11) is 0. The highest BCUT2D eigenvalue weighted by Gasteiger charge is 2.26. The number of rotatable bonds is 5. The van der Waals surface area contributed by atoms with Crippen molar-refractivity contribution in [2.75, 3.05) is 30.3 Å². The second-order valence-corrected chi connectivity index (χ2v) is 9.01. The Morgan fingerprint density at radius 3 is 2.34 bits per heavy atom. The van der Waals surface area contributed by atoms with Crippen LogP contribution in [0.5, 0.6) is 0 Å². The van der Waals surface area contributed by atoms with Crippen LogP contribution in [-0.4, -0.2) is 42.1 Å². The van der Waals surface area contributed by atoms with E-state index in [0.29, 0.717) is 18.8 Å². The van der Waals surface area contributed by atoms with Gasteiger partial charge in [-0.2, -0.15) is 0 Å². The average molecular weight is 409 g/mol. The molecule has 4 nitrogen and oxygen atoms in total. The van der Waals surface area contributed by atoms with E-state index in [1.807, 2.05) is 34.1 Å². The van der Waals surface area contributed by atoms with Crippen LogP contribution >= 0.6 is 11.8 Å². The van der Waals surface area contributed by atoms with Crippen molar-refractivity contribution >= 4 is 29.3 Å². The summed E-state index contributed by atoms with van der Waals surface area (Å²) in [5.41, 5.74) is 2.37. The van der Waals surface area contributed by atoms with Crippen LogP contribution in [0, 0.1) is 5.92 Å². The number of carbonyl (C=O) groups excluding carboxylic acids is 2. The van der Waals surface area contributed by atoms with Crippen molar-refractivity contribution in [3.05, 3.63) is 60.2 Å². The topological polar surface area (TPSA) is 40.6 Å². The SMILES string of the molecule is O=C(CCC(=O)N1CCSc2ccccc21)N1CCC(Cc2ccccc2)CC1. The van der Waals surface area contributed by atoms with Gasteiger partial charge in [0.05, 0.1) is 5.69 Å². The summed E-state index contributed by atoms with van der Waals surface area (Å²) in [6, 6.07) is 18.6. The van der Waals surface area contributed by atoms with Gasteiger partial charge < -0.3 is 9.80 Å². The summed E-state index contributed by atoms with van der Waals surface area (Å²) in [6.07, 6.45) is 3.79. The monoisotopic (exact) mass is 408 g/mol. The molecule has 1 saturated heterocycles. The van der Waals surface area contributed by atoms with E-state index in [1.165, 1.54) is 5.56 Å². The predicted octanol–water partition coefficient (Wildman–Crippen LogP) is 4.39. The standard InChI is InChI=1S/C24H28N2O2S/c27-23(25-14-12-20(13-15-25)18-19-6-2-1-3-7-19)10-11-24(28)26-16-17-29-22-9-5-4-8-21(22)26/h1-9,20H,10-18H2. The van der Waals surface area contributed by atoms with Crippen molar-refractivity contribution < 1.29 is 9.59 Å². The second-order valence-electron chi connectivity index (χ2n) is 7.88. The normalized spacial score (nSPS) is 17.1. The highest BCUT2D eigenvalue weighted by atomic mass is 32.2. The smallest absolute Gasteiger partial charge is 0.227 e. The minimum Gasteiger partial charge on any atom is -0.343 e. The average Bonchev–Trinajstić information content (AvgIpc) is 2.78. The van der Waals surface area contributed by atoms with Crippen molar-refractivity contribution in [1.29, 1.82) is 0 Å². The summed E-state index contributed by atoms with van der Waals surface area (Å²) in [4.78, 5) is 30.4. The Balaban J connectivity index is 1.24. The summed E-state index contributed by atoms with van der Waals surface area (Å²) >= 11 is 1.79. The van der Waals surface area contributed by atoms with Crippen molar-refractivity contribution in [2.45, 2.75) is 37.0 Å². The molecule has 0 atom stereocenters. The molecule has 0 saturated carbocycles. The zero-order chi connectivity index (χ0) is 20.1. The number of likely N-dealkylation sites (tertiary alicyclic amines) is 1. The number of para-hydroxylation sites is 1. The highest BCUT2D eigenvalue weighted by molar-refractivity contribution is 7.99. The number of carbonyl (C=O) groups is 2. The fraction of sp³-hybridized carbons (Fsp3) is 0.417. The number of hydrogen-bond donors (Lipinski definition) is 0. The number of amides is 2. The van der Waals surface area contributed by atoms with Gasteiger partial charge in [-0.3, -0.25) is 9.59 Å². The fourth-order valence-corrected chi connectivity index (χ4v) is 5.26. The lowest BCUT2D eigenvalue weighted by Crippen LogP contribution is -2.40. The molecule has 0 aliphatic carbocycles. The minimum atomic E-state index is 0.0602. The summed E-state index contributed by atoms with van der Waals surface area (Å²) < 4.78 is 0. The molecule has 2 aromatic rings. The van der Waals surface area contributed by atoms with Gasteiger partial charge in [0.2, 0.25) is 11.8 Å². The number of anilines is 1. The Kier molecular flexibility index (Phi) is 6.55. The van der Waals surface area contributed by atoms with Crippen molar-refractivity contribution in [1.82, 2.24) is 4.90 Å². The third-order valence-corrected chi connectivity index (χ3v) is 6.96. The molecule has 2 aromatic carbocycles. The number of hydrogen-bond acceptors (Lipinski definition) is 3. The lowest BCUT2D eigenvalue weighted by molar-refractivity contribution is -0.134. The summed E-state index contributed by atoms with van der Waals surface area (Å²) in [6.45, 7) is 2.35. The number of benzene rings is 2. The molecular weight excluding hydrogens is 380 g/mol. The van der Waals surface area contributed by atoms with Gasteiger partial charge in [0, 0.05) is 43.1 Å². The van der Waals surface area contributed by atoms with Crippen LogP contribution in [0.1, 0.15) is 31.2 Å². The van der Waals surface area contributed by atoms with Crippen LogP contribution in [0.3, 0.4) is 0 Å². The maximum Gasteiger partial charge on any atom is 0.227 e. The van der Waals surface area contributed by atoms with Gasteiger partial charge in [-0.1, -0.05) is 42.5 Å². The van der Waals surface area contributed by atoms with Gasteiger partial charge in [-0.15, -0.1) is 11.8 Å². The lowest BCUT2D eigenvalue weighted by atomic mass is 9.90. The molecule has 2 heterocycles. The first-order valence-electron chi connectivity index (χ1n) is 10.5. The Hall–Kier alpha value is -2.27. The number of thioether (sulfide) groups is 1. The van der Waals surface area contributed by atoms with Crippen LogP contribution in [0.2, 0.25) is 0 Å². The first-order chi connectivity index (χ1) is 14.2. The minimum absolute atomic E-state index is 0.0602. The van der Waals surface area contributed by atoms with Crippen LogP contribution in [0.4, 0.5) is 5.69 Å². The highest BCUT2D eigenvalue weighted by Crippen LogP contribution is 2.34. The molecule has 2 aliphatic heterocycles. The summed E-state index contributed by atoms with van der Waals surface area (Å²) in [5, 5.41) is 0. The van der Waals surface area contributed by atoms with E-state index in [4.69, 9.17) is 0 Å². The molecule has 5 heteroatoms. The van der Waals surface area contributed by atoms with Crippen molar-refractivity contribution in [3.63, 3.8) is 0 Å². The maximum absolute atomic E-state index is 12.7. The van der Waals surface area contributed by atoms with Gasteiger partial charge in [0.25, 0.3) is 0 Å². The molecule has 0 unspecified atom stereocenters. The van der Waals surface area contributed by atoms with E-state index in [2.05, 4.69) is 30.3 Å². The molecule has 4 rings (SSSR count). The molecule has 0 radical (unpaired) electrons. The maximum atomic E-state index is 12.7. The van der Waals surface area contributed by atoms with Crippen molar-refractivity contribution in [3.8, 4) is 0 Å². The van der Waals surface area contributed by atoms with Gasteiger partial charge in [0.15, 0.2) is 0 Å². The third kappa shape index (κ3) is 5.02. The molecule has 0 spiro atoms. The lowest BCUT2D eigenvalue weighted by Gasteiger charge is -2.32. The van der Waals surface area contributed by atoms with E-state index < -0.39 is 0 Å². The number of fused-ring (bicyclic) bond motifs is 1. The molecular formula is C24H28N2O2S. The third-order valence-electron chi connectivity index (χ3n) is 5.92. The first kappa shape index (κ1) is 20.0. The Labute approximate surface area is 177 Å². The van der Waals surface area contributed by atoms with Crippen molar-refractivity contribution in [2.24, 2.45) is 5.92 Å². The van der Waals surface area contributed by atoms with Crippen LogP contribution in [0.15, 0.2) is 59.5 Å². The van der Waals surface area contributed by atoms with Gasteiger partial charge in [0.1, 0.15) is 0 Å². The Morgan fingerprint density at radius 1 is 0.862 bits per heavy atom. The van der Waals surface area contributed by atoms with Gasteiger partial charge >= 0.3 is 0 Å². The molecule has 0 bridgehead atoms. The molecule has 2 aliphatic rings. The van der Waals surface area contributed by atoms with Gasteiger partial charge in [-0.05, 0) is 42.9 Å². The predicted molar refractivity (Wildman–Crippen MR) is 118 cm³/mol. The van der Waals surface area contributed by atoms with E-state index >= 15 is 0 Å². The zero-order valence-electron chi connectivity index (χ0n) is 16.8. The van der Waals surface area contributed by atoms with E-state index in [1.54, 1.807) is 11.8 Å².